The molecule has 2 aromatic rings. The largest absolute Gasteiger partial charge is 0.322 e. The van der Waals surface area contributed by atoms with Crippen LogP contribution in [-0.4, -0.2) is 20.4 Å². The number of sulfonamides is 1. The van der Waals surface area contributed by atoms with Gasteiger partial charge in [0, 0.05) is 20.9 Å². The molecule has 1 amide bonds. The molecule has 0 atom stereocenters. The number of hydrogen-bond donors (Lipinski definition) is 2. The second-order valence-corrected chi connectivity index (χ2v) is 8.22. The van der Waals surface area contributed by atoms with Crippen LogP contribution >= 0.6 is 22.6 Å². The highest BCUT2D eigenvalue weighted by Crippen LogP contribution is 2.15. The fourth-order valence-corrected chi connectivity index (χ4v) is 3.51. The van der Waals surface area contributed by atoms with E-state index < -0.39 is 10.0 Å². The molecule has 0 spiro atoms. The summed E-state index contributed by atoms with van der Waals surface area (Å²) in [6, 6.07) is 13.1. The highest BCUT2D eigenvalue weighted by atomic mass is 127. The summed E-state index contributed by atoms with van der Waals surface area (Å²) in [5.74, 6) is -0.285. The first-order valence-electron chi connectivity index (χ1n) is 6.97. The van der Waals surface area contributed by atoms with E-state index >= 15 is 0 Å². The van der Waals surface area contributed by atoms with E-state index in [0.29, 0.717) is 11.3 Å². The number of carbonyl (C=O) groups is 1. The molecule has 2 N–H and O–H groups in total. The fourth-order valence-electron chi connectivity index (χ4n) is 1.90. The van der Waals surface area contributed by atoms with Gasteiger partial charge in [0.05, 0.1) is 4.90 Å². The van der Waals surface area contributed by atoms with Crippen molar-refractivity contribution in [2.24, 2.45) is 0 Å². The van der Waals surface area contributed by atoms with Crippen LogP contribution in [0.5, 0.6) is 0 Å². The third-order valence-electron chi connectivity index (χ3n) is 2.92. The monoisotopic (exact) mass is 444 g/mol. The van der Waals surface area contributed by atoms with Crippen LogP contribution in [0.3, 0.4) is 0 Å². The van der Waals surface area contributed by atoms with E-state index in [0.717, 1.165) is 3.57 Å². The molecule has 0 aliphatic carbocycles. The number of carbonyl (C=O) groups excluding carboxylic acids is 1. The summed E-state index contributed by atoms with van der Waals surface area (Å²) >= 11 is 2.19. The Balaban J connectivity index is 2.13. The Hall–Kier alpha value is -1.45. The number of hydrogen-bond acceptors (Lipinski definition) is 3. The standard InChI is InChI=1S/C16H17IN2O3S/c1-11(2)19-23(21,22)15-9-3-12(4-10-15)16(20)18-14-7-5-13(17)6-8-14/h3-11,19H,1-2H3,(H,18,20). The summed E-state index contributed by atoms with van der Waals surface area (Å²) in [4.78, 5) is 12.3. The quantitative estimate of drug-likeness (QED) is 0.696. The van der Waals surface area contributed by atoms with Crippen LogP contribution in [0, 0.1) is 3.57 Å². The Labute approximate surface area is 149 Å². The summed E-state index contributed by atoms with van der Waals surface area (Å²) < 4.78 is 27.6. The molecule has 7 heteroatoms. The van der Waals surface area contributed by atoms with Crippen molar-refractivity contribution in [3.8, 4) is 0 Å². The van der Waals surface area contributed by atoms with Gasteiger partial charge in [-0.15, -0.1) is 0 Å². The average molecular weight is 444 g/mol. The zero-order chi connectivity index (χ0) is 17.0. The van der Waals surface area contributed by atoms with Crippen LogP contribution in [0.25, 0.3) is 0 Å². The molecule has 23 heavy (non-hydrogen) atoms. The number of rotatable bonds is 5. The van der Waals surface area contributed by atoms with Gasteiger partial charge < -0.3 is 5.32 Å². The lowest BCUT2D eigenvalue weighted by Crippen LogP contribution is -2.30. The molecule has 2 rings (SSSR count). The number of anilines is 1. The Morgan fingerprint density at radius 3 is 2.09 bits per heavy atom. The lowest BCUT2D eigenvalue weighted by atomic mass is 10.2. The minimum absolute atomic E-state index is 0.136. The highest BCUT2D eigenvalue weighted by Gasteiger charge is 2.16. The molecule has 0 fully saturated rings. The first kappa shape index (κ1) is 17.9. The van der Waals surface area contributed by atoms with Crippen molar-refractivity contribution < 1.29 is 13.2 Å². The van der Waals surface area contributed by atoms with Gasteiger partial charge in [-0.05, 0) is 85.0 Å². The molecule has 0 bridgehead atoms. The molecule has 0 saturated carbocycles. The molecule has 0 saturated heterocycles. The second-order valence-electron chi connectivity index (χ2n) is 5.26. The smallest absolute Gasteiger partial charge is 0.255 e. The summed E-state index contributed by atoms with van der Waals surface area (Å²) in [6.07, 6.45) is 0. The van der Waals surface area contributed by atoms with E-state index in [4.69, 9.17) is 0 Å². The molecule has 0 heterocycles. The Kier molecular flexibility index (Phi) is 5.77. The van der Waals surface area contributed by atoms with Crippen LogP contribution in [-0.2, 0) is 10.0 Å². The first-order chi connectivity index (χ1) is 10.8. The fraction of sp³-hybridized carbons (Fsp3) is 0.188. The van der Waals surface area contributed by atoms with Crippen molar-refractivity contribution in [3.05, 3.63) is 57.7 Å². The summed E-state index contributed by atoms with van der Waals surface area (Å²) in [6.45, 7) is 3.50. The minimum atomic E-state index is -3.55. The van der Waals surface area contributed by atoms with Gasteiger partial charge in [-0.25, -0.2) is 13.1 Å². The Morgan fingerprint density at radius 1 is 1.00 bits per heavy atom. The van der Waals surface area contributed by atoms with Gasteiger partial charge in [0.2, 0.25) is 10.0 Å². The van der Waals surface area contributed by atoms with Crippen LogP contribution < -0.4 is 10.0 Å². The van der Waals surface area contributed by atoms with E-state index in [-0.39, 0.29) is 16.8 Å². The van der Waals surface area contributed by atoms with Crippen LogP contribution in [0.1, 0.15) is 24.2 Å². The lowest BCUT2D eigenvalue weighted by molar-refractivity contribution is 0.102. The topological polar surface area (TPSA) is 75.3 Å². The van der Waals surface area contributed by atoms with Gasteiger partial charge in [-0.3, -0.25) is 4.79 Å². The molecule has 0 radical (unpaired) electrons. The van der Waals surface area contributed by atoms with E-state index in [9.17, 15) is 13.2 Å². The molecule has 0 unspecified atom stereocenters. The predicted molar refractivity (Wildman–Crippen MR) is 99.0 cm³/mol. The highest BCUT2D eigenvalue weighted by molar-refractivity contribution is 14.1. The third-order valence-corrected chi connectivity index (χ3v) is 5.31. The Morgan fingerprint density at radius 2 is 1.57 bits per heavy atom. The number of amides is 1. The van der Waals surface area contributed by atoms with E-state index in [1.165, 1.54) is 24.3 Å². The average Bonchev–Trinajstić information content (AvgIpc) is 2.48. The van der Waals surface area contributed by atoms with E-state index in [1.54, 1.807) is 13.8 Å². The van der Waals surface area contributed by atoms with Crippen LogP contribution in [0.2, 0.25) is 0 Å². The first-order valence-corrected chi connectivity index (χ1v) is 9.53. The maximum absolute atomic E-state index is 12.2. The predicted octanol–water partition coefficient (Wildman–Crippen LogP) is 3.23. The molecular formula is C16H17IN2O3S. The van der Waals surface area contributed by atoms with Gasteiger partial charge in [0.25, 0.3) is 5.91 Å². The van der Waals surface area contributed by atoms with Crippen LogP contribution in [0.15, 0.2) is 53.4 Å². The van der Waals surface area contributed by atoms with Gasteiger partial charge in [0.1, 0.15) is 0 Å². The van der Waals surface area contributed by atoms with Crippen molar-refractivity contribution in [3.63, 3.8) is 0 Å². The minimum Gasteiger partial charge on any atom is -0.322 e. The SMILES string of the molecule is CC(C)NS(=O)(=O)c1ccc(C(=O)Nc2ccc(I)cc2)cc1. The molecule has 122 valence electrons. The number of benzene rings is 2. The van der Waals surface area contributed by atoms with Crippen molar-refractivity contribution in [2.75, 3.05) is 5.32 Å². The van der Waals surface area contributed by atoms with E-state index in [2.05, 4.69) is 32.6 Å². The van der Waals surface area contributed by atoms with Crippen molar-refractivity contribution in [2.45, 2.75) is 24.8 Å². The molecule has 0 aliphatic rings. The van der Waals surface area contributed by atoms with Crippen molar-refractivity contribution in [1.82, 2.24) is 4.72 Å². The second kappa shape index (κ2) is 7.41. The summed E-state index contributed by atoms with van der Waals surface area (Å²) in [5, 5.41) is 2.77. The zero-order valence-corrected chi connectivity index (χ0v) is 15.7. The number of nitrogens with one attached hydrogen (secondary N) is 2. The van der Waals surface area contributed by atoms with Crippen molar-refractivity contribution in [1.29, 1.82) is 0 Å². The van der Waals surface area contributed by atoms with Gasteiger partial charge >= 0.3 is 0 Å². The maximum Gasteiger partial charge on any atom is 0.255 e. The molecule has 0 aliphatic heterocycles. The van der Waals surface area contributed by atoms with Gasteiger partial charge in [0.15, 0.2) is 0 Å². The Bertz CT molecular complexity index is 785. The molecule has 5 nitrogen and oxygen atoms in total. The molecule has 0 aromatic heterocycles. The van der Waals surface area contributed by atoms with Gasteiger partial charge in [-0.2, -0.15) is 0 Å². The molecular weight excluding hydrogens is 427 g/mol. The van der Waals surface area contributed by atoms with Gasteiger partial charge in [-0.1, -0.05) is 0 Å². The summed E-state index contributed by atoms with van der Waals surface area (Å²) in [7, 11) is -3.55. The zero-order valence-electron chi connectivity index (χ0n) is 12.7. The number of halogens is 1. The maximum atomic E-state index is 12.2. The lowest BCUT2D eigenvalue weighted by Gasteiger charge is -2.10. The normalized spacial score (nSPS) is 11.5. The van der Waals surface area contributed by atoms with Crippen molar-refractivity contribution >= 4 is 44.2 Å². The van der Waals surface area contributed by atoms with Crippen LogP contribution in [0.4, 0.5) is 5.69 Å². The molecule has 2 aromatic carbocycles. The van der Waals surface area contributed by atoms with E-state index in [1.807, 2.05) is 24.3 Å². The third kappa shape index (κ3) is 5.02. The summed E-state index contributed by atoms with van der Waals surface area (Å²) in [5.41, 5.74) is 1.08.